The first-order valence-electron chi connectivity index (χ1n) is 10.4. The summed E-state index contributed by atoms with van der Waals surface area (Å²) in [6.07, 6.45) is 3.56. The quantitative estimate of drug-likeness (QED) is 0.383. The fourth-order valence-electron chi connectivity index (χ4n) is 3.60. The van der Waals surface area contributed by atoms with Crippen molar-refractivity contribution in [3.8, 4) is 33.8 Å². The Morgan fingerprint density at radius 1 is 1.00 bits per heavy atom. The maximum Gasteiger partial charge on any atom is 0.263 e. The number of anilines is 1. The smallest absolute Gasteiger partial charge is 0.263 e. The van der Waals surface area contributed by atoms with Gasteiger partial charge in [0.1, 0.15) is 5.75 Å². The Balaban J connectivity index is 1.98. The minimum absolute atomic E-state index is 0.161. The second-order valence-electron chi connectivity index (χ2n) is 7.49. The minimum Gasteiger partial charge on any atom is -0.492 e. The molecule has 5 nitrogen and oxygen atoms in total. The number of rotatable bonds is 6. The number of nitrogens with zero attached hydrogens (tertiary/aromatic N) is 3. The van der Waals surface area contributed by atoms with Crippen molar-refractivity contribution in [2.45, 2.75) is 6.92 Å². The molecule has 0 spiro atoms. The normalized spacial score (nSPS) is 10.8. The van der Waals surface area contributed by atoms with E-state index in [0.29, 0.717) is 22.8 Å². The van der Waals surface area contributed by atoms with Crippen LogP contribution in [0, 0.1) is 0 Å². The first kappa shape index (κ1) is 21.7. The number of ether oxygens (including phenoxy) is 1. The summed E-state index contributed by atoms with van der Waals surface area (Å²) in [6.45, 7) is 2.51. The van der Waals surface area contributed by atoms with Gasteiger partial charge in [0.05, 0.1) is 23.7 Å². The van der Waals surface area contributed by atoms with Crippen molar-refractivity contribution in [1.82, 2.24) is 9.55 Å². The van der Waals surface area contributed by atoms with Crippen molar-refractivity contribution in [2.24, 2.45) is 0 Å². The molecule has 0 bridgehead atoms. The van der Waals surface area contributed by atoms with Crippen LogP contribution in [0.5, 0.6) is 5.75 Å². The molecule has 0 aliphatic heterocycles. The lowest BCUT2D eigenvalue weighted by Gasteiger charge is -2.20. The van der Waals surface area contributed by atoms with E-state index in [1.165, 1.54) is 0 Å². The third kappa shape index (κ3) is 4.25. The summed E-state index contributed by atoms with van der Waals surface area (Å²) in [5.41, 5.74) is 4.25. The van der Waals surface area contributed by atoms with Crippen molar-refractivity contribution in [3.63, 3.8) is 0 Å². The van der Waals surface area contributed by atoms with Crippen molar-refractivity contribution >= 4 is 17.3 Å². The third-order valence-electron chi connectivity index (χ3n) is 5.14. The van der Waals surface area contributed by atoms with Crippen LogP contribution in [0.25, 0.3) is 28.1 Å². The zero-order valence-corrected chi connectivity index (χ0v) is 19.0. The highest BCUT2D eigenvalue weighted by atomic mass is 35.5. The number of benzene rings is 2. The summed E-state index contributed by atoms with van der Waals surface area (Å²) < 4.78 is 7.41. The highest BCUT2D eigenvalue weighted by Crippen LogP contribution is 2.32. The first-order chi connectivity index (χ1) is 15.5. The van der Waals surface area contributed by atoms with E-state index in [4.69, 9.17) is 16.3 Å². The molecule has 2 heterocycles. The van der Waals surface area contributed by atoms with Crippen LogP contribution in [0.15, 0.2) is 83.9 Å². The average molecular weight is 446 g/mol. The number of hydrogen-bond donors (Lipinski definition) is 0. The zero-order valence-electron chi connectivity index (χ0n) is 18.2. The summed E-state index contributed by atoms with van der Waals surface area (Å²) in [7, 11) is 3.90. The molecule has 0 aliphatic rings. The third-order valence-corrected chi connectivity index (χ3v) is 5.47. The SMILES string of the molecule is CCOc1ccc(-n2cc(-c3ccccn3)cc(-c3ccccc3Cl)c2=O)cc1N(C)C. The number of halogens is 1. The predicted octanol–water partition coefficient (Wildman–Crippen LogP) is 5.68. The molecule has 0 N–H and O–H groups in total. The van der Waals surface area contributed by atoms with E-state index in [2.05, 4.69) is 4.98 Å². The lowest BCUT2D eigenvalue weighted by molar-refractivity contribution is 0.341. The van der Waals surface area contributed by atoms with Gasteiger partial charge in [0.2, 0.25) is 0 Å². The van der Waals surface area contributed by atoms with Crippen molar-refractivity contribution in [3.05, 3.63) is 94.5 Å². The van der Waals surface area contributed by atoms with Gasteiger partial charge in [0.15, 0.2) is 0 Å². The lowest BCUT2D eigenvalue weighted by Crippen LogP contribution is -2.21. The Bertz CT molecular complexity index is 1300. The molecule has 0 amide bonds. The molecular weight excluding hydrogens is 422 g/mol. The van der Waals surface area contributed by atoms with E-state index >= 15 is 0 Å². The molecule has 0 saturated heterocycles. The highest BCUT2D eigenvalue weighted by molar-refractivity contribution is 6.33. The number of hydrogen-bond acceptors (Lipinski definition) is 4. The van der Waals surface area contributed by atoms with E-state index in [9.17, 15) is 4.79 Å². The van der Waals surface area contributed by atoms with Gasteiger partial charge >= 0.3 is 0 Å². The van der Waals surface area contributed by atoms with Gasteiger partial charge < -0.3 is 9.64 Å². The van der Waals surface area contributed by atoms with E-state index in [-0.39, 0.29) is 5.56 Å². The summed E-state index contributed by atoms with van der Waals surface area (Å²) in [5.74, 6) is 0.765. The molecule has 6 heteroatoms. The predicted molar refractivity (Wildman–Crippen MR) is 131 cm³/mol. The molecule has 32 heavy (non-hydrogen) atoms. The topological polar surface area (TPSA) is 47.4 Å². The molecule has 0 fully saturated rings. The van der Waals surface area contributed by atoms with Gasteiger partial charge in [-0.15, -0.1) is 0 Å². The molecule has 0 aliphatic carbocycles. The number of pyridine rings is 2. The summed E-state index contributed by atoms with van der Waals surface area (Å²) in [4.78, 5) is 20.1. The van der Waals surface area contributed by atoms with Gasteiger partial charge in [-0.3, -0.25) is 14.3 Å². The summed E-state index contributed by atoms with van der Waals surface area (Å²) in [6, 6.07) is 20.7. The van der Waals surface area contributed by atoms with E-state index in [1.807, 2.05) is 92.8 Å². The van der Waals surface area contributed by atoms with Crippen LogP contribution in [0.4, 0.5) is 5.69 Å². The zero-order chi connectivity index (χ0) is 22.7. The highest BCUT2D eigenvalue weighted by Gasteiger charge is 2.16. The van der Waals surface area contributed by atoms with Crippen LogP contribution in [-0.4, -0.2) is 30.3 Å². The van der Waals surface area contributed by atoms with E-state index in [1.54, 1.807) is 16.8 Å². The maximum atomic E-state index is 13.6. The molecule has 0 unspecified atom stereocenters. The molecule has 0 atom stereocenters. The Morgan fingerprint density at radius 2 is 1.78 bits per heavy atom. The Kier molecular flexibility index (Phi) is 6.28. The van der Waals surface area contributed by atoms with Crippen molar-refractivity contribution in [1.29, 1.82) is 0 Å². The Hall–Kier alpha value is -3.57. The van der Waals surface area contributed by atoms with Crippen LogP contribution in [0.3, 0.4) is 0 Å². The van der Waals surface area contributed by atoms with E-state index in [0.717, 1.165) is 28.4 Å². The van der Waals surface area contributed by atoms with Crippen LogP contribution in [0.1, 0.15) is 6.92 Å². The second-order valence-corrected chi connectivity index (χ2v) is 7.90. The van der Waals surface area contributed by atoms with Gasteiger partial charge in [-0.1, -0.05) is 35.9 Å². The molecule has 0 saturated carbocycles. The van der Waals surface area contributed by atoms with Crippen LogP contribution < -0.4 is 15.2 Å². The van der Waals surface area contributed by atoms with Gasteiger partial charge in [-0.25, -0.2) is 0 Å². The molecule has 0 radical (unpaired) electrons. The Labute approximate surface area is 192 Å². The summed E-state index contributed by atoms with van der Waals surface area (Å²) in [5, 5.41) is 0.523. The largest absolute Gasteiger partial charge is 0.492 e. The fourth-order valence-corrected chi connectivity index (χ4v) is 3.84. The van der Waals surface area contributed by atoms with Crippen LogP contribution in [-0.2, 0) is 0 Å². The van der Waals surface area contributed by atoms with Crippen LogP contribution in [0.2, 0.25) is 5.02 Å². The Morgan fingerprint density at radius 3 is 2.47 bits per heavy atom. The standard InChI is InChI=1S/C26H24ClN3O2/c1-4-32-25-13-12-19(16-24(25)29(2)3)30-17-18(23-11-7-8-14-28-23)15-21(26(30)31)20-9-5-6-10-22(20)27/h5-17H,4H2,1-3H3. The monoisotopic (exact) mass is 445 g/mol. The molecule has 2 aromatic heterocycles. The van der Waals surface area contributed by atoms with Crippen LogP contribution >= 0.6 is 11.6 Å². The van der Waals surface area contributed by atoms with Crippen molar-refractivity contribution < 1.29 is 4.74 Å². The average Bonchev–Trinajstić information content (AvgIpc) is 2.81. The molecule has 2 aromatic carbocycles. The second kappa shape index (κ2) is 9.28. The molecule has 4 aromatic rings. The van der Waals surface area contributed by atoms with Crippen molar-refractivity contribution in [2.75, 3.05) is 25.6 Å². The maximum absolute atomic E-state index is 13.6. The molecule has 162 valence electrons. The molecule has 4 rings (SSSR count). The fraction of sp³-hybridized carbons (Fsp3) is 0.154. The first-order valence-corrected chi connectivity index (χ1v) is 10.7. The van der Waals surface area contributed by atoms with Gasteiger partial charge in [-0.2, -0.15) is 0 Å². The summed E-state index contributed by atoms with van der Waals surface area (Å²) >= 11 is 6.46. The lowest BCUT2D eigenvalue weighted by atomic mass is 10.0. The van der Waals surface area contributed by atoms with E-state index < -0.39 is 0 Å². The van der Waals surface area contributed by atoms with Gasteiger partial charge in [0, 0.05) is 48.2 Å². The minimum atomic E-state index is -0.161. The van der Waals surface area contributed by atoms with Gasteiger partial charge in [-0.05, 0) is 49.4 Å². The molecular formula is C26H24ClN3O2. The number of aromatic nitrogens is 2. The van der Waals surface area contributed by atoms with Gasteiger partial charge in [0.25, 0.3) is 5.56 Å².